The molecule has 1 heterocycles. The Morgan fingerprint density at radius 1 is 1.38 bits per heavy atom. The van der Waals surface area contributed by atoms with Crippen LogP contribution in [0.15, 0.2) is 46.3 Å². The maximum absolute atomic E-state index is 10.9. The van der Waals surface area contributed by atoms with Crippen LogP contribution in [-0.2, 0) is 4.74 Å². The van der Waals surface area contributed by atoms with Crippen LogP contribution in [0.5, 0.6) is 0 Å². The fourth-order valence-electron chi connectivity index (χ4n) is 1.15. The Balaban J connectivity index is 2.28. The quantitative estimate of drug-likeness (QED) is 0.855. The molecule has 16 heavy (non-hydrogen) atoms. The van der Waals surface area contributed by atoms with Crippen LogP contribution < -0.4 is 5.73 Å². The molecule has 1 aromatic carbocycles. The molecule has 1 aromatic rings. The molecule has 0 saturated heterocycles. The molecular formula is C10H8BrN3O2. The third-order valence-corrected chi connectivity index (χ3v) is 2.43. The third-order valence-electron chi connectivity index (χ3n) is 1.90. The zero-order chi connectivity index (χ0) is 11.5. The van der Waals surface area contributed by atoms with E-state index in [4.69, 9.17) is 10.5 Å². The number of hydrogen-bond acceptors (Lipinski definition) is 3. The van der Waals surface area contributed by atoms with E-state index in [1.807, 2.05) is 24.3 Å². The number of ether oxygens (including phenoxy) is 1. The molecular weight excluding hydrogens is 274 g/mol. The average Bonchev–Trinajstić information content (AvgIpc) is 2.30. The monoisotopic (exact) mass is 281 g/mol. The van der Waals surface area contributed by atoms with E-state index in [1.165, 1.54) is 12.5 Å². The molecule has 2 N–H and O–H groups in total. The SMILES string of the molecule is NC(=O)N1C=COC(c2ccc(Br)cc2)=N1. The van der Waals surface area contributed by atoms with E-state index in [2.05, 4.69) is 21.0 Å². The number of nitrogens with zero attached hydrogens (tertiary/aromatic N) is 2. The molecule has 1 aliphatic rings. The molecule has 6 heteroatoms. The standard InChI is InChI=1S/C10H8BrN3O2/c11-8-3-1-7(2-4-8)9-13-14(10(12)15)5-6-16-9/h1-6H,(H2,12,15). The second kappa shape index (κ2) is 4.36. The van der Waals surface area contributed by atoms with E-state index >= 15 is 0 Å². The summed E-state index contributed by atoms with van der Waals surface area (Å²) in [5.41, 5.74) is 5.86. The summed E-state index contributed by atoms with van der Waals surface area (Å²) in [7, 11) is 0. The van der Waals surface area contributed by atoms with Gasteiger partial charge in [-0.15, -0.1) is 5.10 Å². The molecule has 0 aromatic heterocycles. The van der Waals surface area contributed by atoms with Crippen LogP contribution in [0.2, 0.25) is 0 Å². The highest BCUT2D eigenvalue weighted by Gasteiger charge is 2.13. The lowest BCUT2D eigenvalue weighted by Crippen LogP contribution is -2.30. The minimum Gasteiger partial charge on any atom is -0.443 e. The number of primary amides is 1. The van der Waals surface area contributed by atoms with Crippen molar-refractivity contribution >= 4 is 27.9 Å². The summed E-state index contributed by atoms with van der Waals surface area (Å²) < 4.78 is 6.14. The molecule has 0 aliphatic carbocycles. The second-order valence-electron chi connectivity index (χ2n) is 3.00. The normalized spacial score (nSPS) is 14.3. The number of carbonyl (C=O) groups excluding carboxylic acids is 1. The molecule has 0 bridgehead atoms. The summed E-state index contributed by atoms with van der Waals surface area (Å²) in [5.74, 6) is 0.328. The minimum atomic E-state index is -0.658. The summed E-state index contributed by atoms with van der Waals surface area (Å²) in [5, 5.41) is 4.95. The van der Waals surface area contributed by atoms with Gasteiger partial charge in [0.25, 0.3) is 0 Å². The molecule has 0 unspecified atom stereocenters. The highest BCUT2D eigenvalue weighted by atomic mass is 79.9. The van der Waals surface area contributed by atoms with Crippen LogP contribution in [0.4, 0.5) is 4.79 Å². The number of carbonyl (C=O) groups is 1. The van der Waals surface area contributed by atoms with E-state index in [0.717, 1.165) is 15.0 Å². The summed E-state index contributed by atoms with van der Waals surface area (Å²) in [6, 6.07) is 6.69. The molecule has 0 radical (unpaired) electrons. The van der Waals surface area contributed by atoms with Crippen LogP contribution in [-0.4, -0.2) is 16.9 Å². The Kier molecular flexibility index (Phi) is 2.91. The zero-order valence-corrected chi connectivity index (χ0v) is 9.72. The van der Waals surface area contributed by atoms with Crippen molar-refractivity contribution in [3.63, 3.8) is 0 Å². The van der Waals surface area contributed by atoms with Crippen molar-refractivity contribution in [1.29, 1.82) is 0 Å². The number of hydrogen-bond donors (Lipinski definition) is 1. The van der Waals surface area contributed by atoms with Gasteiger partial charge in [-0.1, -0.05) is 15.9 Å². The molecule has 0 atom stereocenters. The smallest absolute Gasteiger partial charge is 0.339 e. The highest BCUT2D eigenvalue weighted by molar-refractivity contribution is 9.10. The lowest BCUT2D eigenvalue weighted by molar-refractivity contribution is 0.221. The van der Waals surface area contributed by atoms with E-state index in [-0.39, 0.29) is 0 Å². The fraction of sp³-hybridized carbons (Fsp3) is 0. The predicted molar refractivity (Wildman–Crippen MR) is 62.3 cm³/mol. The van der Waals surface area contributed by atoms with E-state index in [0.29, 0.717) is 5.90 Å². The third kappa shape index (κ3) is 2.22. The van der Waals surface area contributed by atoms with Crippen molar-refractivity contribution in [2.45, 2.75) is 0 Å². The largest absolute Gasteiger partial charge is 0.443 e. The van der Waals surface area contributed by atoms with E-state index in [1.54, 1.807) is 0 Å². The first kappa shape index (κ1) is 10.7. The van der Waals surface area contributed by atoms with Gasteiger partial charge in [0.05, 0.1) is 6.20 Å². The molecule has 5 nitrogen and oxygen atoms in total. The fourth-order valence-corrected chi connectivity index (χ4v) is 1.41. The van der Waals surface area contributed by atoms with Crippen molar-refractivity contribution in [2.24, 2.45) is 10.8 Å². The topological polar surface area (TPSA) is 67.9 Å². The van der Waals surface area contributed by atoms with Gasteiger partial charge in [0.2, 0.25) is 5.90 Å². The Morgan fingerprint density at radius 2 is 2.06 bits per heavy atom. The number of nitrogens with two attached hydrogens (primary N) is 1. The molecule has 0 saturated carbocycles. The van der Waals surface area contributed by atoms with Crippen molar-refractivity contribution in [3.05, 3.63) is 46.8 Å². The lowest BCUT2D eigenvalue weighted by atomic mass is 10.2. The van der Waals surface area contributed by atoms with E-state index in [9.17, 15) is 4.79 Å². The Bertz CT molecular complexity index is 467. The van der Waals surface area contributed by atoms with Crippen LogP contribution in [0.3, 0.4) is 0 Å². The zero-order valence-electron chi connectivity index (χ0n) is 8.13. The summed E-state index contributed by atoms with van der Waals surface area (Å²) in [6.07, 6.45) is 2.71. The Labute approximate surface area is 100 Å². The van der Waals surface area contributed by atoms with E-state index < -0.39 is 6.03 Å². The predicted octanol–water partition coefficient (Wildman–Crippen LogP) is 1.99. The molecule has 0 spiro atoms. The first-order valence-electron chi connectivity index (χ1n) is 4.43. The van der Waals surface area contributed by atoms with Gasteiger partial charge in [0, 0.05) is 10.0 Å². The Morgan fingerprint density at radius 3 is 2.69 bits per heavy atom. The molecule has 2 amide bonds. The maximum atomic E-state index is 10.9. The second-order valence-corrected chi connectivity index (χ2v) is 3.91. The van der Waals surface area contributed by atoms with Crippen molar-refractivity contribution in [3.8, 4) is 0 Å². The van der Waals surface area contributed by atoms with Crippen LogP contribution >= 0.6 is 15.9 Å². The van der Waals surface area contributed by atoms with Gasteiger partial charge in [0.1, 0.15) is 6.26 Å². The number of urea groups is 1. The average molecular weight is 282 g/mol. The molecule has 2 rings (SSSR count). The first-order valence-corrected chi connectivity index (χ1v) is 5.22. The van der Waals surface area contributed by atoms with Gasteiger partial charge in [-0.3, -0.25) is 0 Å². The summed E-state index contributed by atoms with van der Waals surface area (Å²) in [6.45, 7) is 0. The van der Waals surface area contributed by atoms with Gasteiger partial charge in [-0.25, -0.2) is 4.79 Å². The van der Waals surface area contributed by atoms with Gasteiger partial charge < -0.3 is 10.5 Å². The van der Waals surface area contributed by atoms with Crippen molar-refractivity contribution < 1.29 is 9.53 Å². The van der Waals surface area contributed by atoms with Gasteiger partial charge >= 0.3 is 6.03 Å². The number of halogens is 1. The van der Waals surface area contributed by atoms with Crippen molar-refractivity contribution in [1.82, 2.24) is 5.01 Å². The number of hydrazone groups is 1. The Hall–Kier alpha value is -1.82. The number of amides is 2. The molecule has 0 fully saturated rings. The van der Waals surface area contributed by atoms with Gasteiger partial charge in [-0.05, 0) is 24.3 Å². The minimum absolute atomic E-state index is 0.328. The van der Waals surface area contributed by atoms with Crippen LogP contribution in [0.25, 0.3) is 0 Å². The van der Waals surface area contributed by atoms with Crippen LogP contribution in [0, 0.1) is 0 Å². The molecule has 1 aliphatic heterocycles. The highest BCUT2D eigenvalue weighted by Crippen LogP contribution is 2.14. The summed E-state index contributed by atoms with van der Waals surface area (Å²) >= 11 is 3.33. The summed E-state index contributed by atoms with van der Waals surface area (Å²) in [4.78, 5) is 10.9. The number of benzene rings is 1. The van der Waals surface area contributed by atoms with Gasteiger partial charge in [-0.2, -0.15) is 5.01 Å². The maximum Gasteiger partial charge on any atom is 0.339 e. The first-order chi connectivity index (χ1) is 7.66. The lowest BCUT2D eigenvalue weighted by Gasteiger charge is -2.16. The van der Waals surface area contributed by atoms with Crippen molar-refractivity contribution in [2.75, 3.05) is 0 Å². The number of rotatable bonds is 1. The molecule has 82 valence electrons. The van der Waals surface area contributed by atoms with Crippen LogP contribution in [0.1, 0.15) is 5.56 Å². The van der Waals surface area contributed by atoms with Gasteiger partial charge in [0.15, 0.2) is 0 Å².